The number of primary amides is 1. The minimum Gasteiger partial charge on any atom is -0.366 e. The SMILES string of the molecule is CO[C@@H](Nc1cc(Br)c(C#N)cc1F)C(N)=O. The zero-order valence-corrected chi connectivity index (χ0v) is 10.4. The minimum absolute atomic E-state index is 0.0153. The van der Waals surface area contributed by atoms with Crippen LogP contribution >= 0.6 is 15.9 Å². The Balaban J connectivity index is 3.04. The lowest BCUT2D eigenvalue weighted by atomic mass is 10.2. The zero-order chi connectivity index (χ0) is 13.0. The van der Waals surface area contributed by atoms with Gasteiger partial charge in [-0.3, -0.25) is 4.79 Å². The molecule has 5 nitrogen and oxygen atoms in total. The molecule has 0 aliphatic rings. The Bertz CT molecular complexity index is 487. The first-order chi connectivity index (χ1) is 7.99. The van der Waals surface area contributed by atoms with Crippen LogP contribution in [0.2, 0.25) is 0 Å². The van der Waals surface area contributed by atoms with Crippen LogP contribution in [0.25, 0.3) is 0 Å². The van der Waals surface area contributed by atoms with Crippen molar-refractivity contribution in [3.05, 3.63) is 28.0 Å². The van der Waals surface area contributed by atoms with Gasteiger partial charge in [0.15, 0.2) is 0 Å². The maximum absolute atomic E-state index is 13.5. The van der Waals surface area contributed by atoms with Crippen LogP contribution in [0, 0.1) is 17.1 Å². The van der Waals surface area contributed by atoms with Gasteiger partial charge in [0.05, 0.1) is 11.3 Å². The molecule has 17 heavy (non-hydrogen) atoms. The average Bonchev–Trinajstić information content (AvgIpc) is 2.29. The van der Waals surface area contributed by atoms with Gasteiger partial charge in [-0.15, -0.1) is 0 Å². The molecule has 7 heteroatoms. The van der Waals surface area contributed by atoms with Crippen molar-refractivity contribution in [1.82, 2.24) is 0 Å². The van der Waals surface area contributed by atoms with Crippen molar-refractivity contribution < 1.29 is 13.9 Å². The molecule has 0 heterocycles. The highest BCUT2D eigenvalue weighted by molar-refractivity contribution is 9.10. The third-order valence-electron chi connectivity index (χ3n) is 1.96. The number of anilines is 1. The van der Waals surface area contributed by atoms with Gasteiger partial charge in [-0.05, 0) is 28.1 Å². The number of nitrogens with one attached hydrogen (secondary N) is 1. The van der Waals surface area contributed by atoms with Gasteiger partial charge in [0.1, 0.15) is 11.9 Å². The van der Waals surface area contributed by atoms with Gasteiger partial charge >= 0.3 is 0 Å². The van der Waals surface area contributed by atoms with Gasteiger partial charge < -0.3 is 15.8 Å². The Labute approximate surface area is 105 Å². The second-order valence-corrected chi connectivity index (χ2v) is 3.94. The molecule has 0 aromatic heterocycles. The van der Waals surface area contributed by atoms with Crippen molar-refractivity contribution in [2.45, 2.75) is 6.23 Å². The molecule has 90 valence electrons. The third-order valence-corrected chi connectivity index (χ3v) is 2.61. The summed E-state index contributed by atoms with van der Waals surface area (Å²) in [6.07, 6.45) is -1.13. The fourth-order valence-electron chi connectivity index (χ4n) is 1.13. The first-order valence-corrected chi connectivity index (χ1v) is 5.26. The molecule has 1 rings (SSSR count). The zero-order valence-electron chi connectivity index (χ0n) is 8.83. The molecule has 0 bridgehead atoms. The van der Waals surface area contributed by atoms with Crippen LogP contribution < -0.4 is 11.1 Å². The summed E-state index contributed by atoms with van der Waals surface area (Å²) < 4.78 is 18.7. The number of rotatable bonds is 4. The van der Waals surface area contributed by atoms with Crippen LogP contribution in [0.5, 0.6) is 0 Å². The molecule has 0 spiro atoms. The van der Waals surface area contributed by atoms with Crippen molar-refractivity contribution in [3.8, 4) is 6.07 Å². The second-order valence-electron chi connectivity index (χ2n) is 3.09. The van der Waals surface area contributed by atoms with E-state index in [-0.39, 0.29) is 11.3 Å². The van der Waals surface area contributed by atoms with E-state index in [0.717, 1.165) is 6.07 Å². The molecule has 1 aromatic rings. The standard InChI is InChI=1S/C10H9BrFN3O2/c1-17-10(9(14)16)15-8-3-6(11)5(4-13)2-7(8)12/h2-3,10,15H,1H3,(H2,14,16)/t10-/m1/s1. The molecule has 3 N–H and O–H groups in total. The van der Waals surface area contributed by atoms with Crippen LogP contribution in [0.15, 0.2) is 16.6 Å². The predicted octanol–water partition coefficient (Wildman–Crippen LogP) is 1.33. The fraction of sp³-hybridized carbons (Fsp3) is 0.200. The number of halogens is 2. The molecule has 0 unspecified atom stereocenters. The summed E-state index contributed by atoms with van der Waals surface area (Å²) >= 11 is 3.10. The Kier molecular flexibility index (Phi) is 4.43. The minimum atomic E-state index is -1.13. The van der Waals surface area contributed by atoms with E-state index in [1.54, 1.807) is 0 Å². The highest BCUT2D eigenvalue weighted by Crippen LogP contribution is 2.24. The lowest BCUT2D eigenvalue weighted by Crippen LogP contribution is -2.37. The summed E-state index contributed by atoms with van der Waals surface area (Å²) in [4.78, 5) is 10.9. The molecular formula is C10H9BrFN3O2. The molecular weight excluding hydrogens is 293 g/mol. The number of amides is 1. The summed E-state index contributed by atoms with van der Waals surface area (Å²) in [5.41, 5.74) is 5.20. The summed E-state index contributed by atoms with van der Waals surface area (Å²) in [7, 11) is 1.26. The monoisotopic (exact) mass is 301 g/mol. The number of methoxy groups -OCH3 is 1. The molecule has 0 fully saturated rings. The number of hydrogen-bond donors (Lipinski definition) is 2. The van der Waals surface area contributed by atoms with Gasteiger partial charge in [-0.2, -0.15) is 5.26 Å². The molecule has 1 amide bonds. The summed E-state index contributed by atoms with van der Waals surface area (Å²) in [5.74, 6) is -1.44. The quantitative estimate of drug-likeness (QED) is 0.821. The van der Waals surface area contributed by atoms with Gasteiger partial charge in [0.25, 0.3) is 5.91 Å². The largest absolute Gasteiger partial charge is 0.366 e. The summed E-state index contributed by atoms with van der Waals surface area (Å²) in [6, 6.07) is 4.19. The average molecular weight is 302 g/mol. The van der Waals surface area contributed by atoms with E-state index in [1.165, 1.54) is 13.2 Å². The van der Waals surface area contributed by atoms with Gasteiger partial charge in [0, 0.05) is 11.6 Å². The smallest absolute Gasteiger partial charge is 0.267 e. The van der Waals surface area contributed by atoms with Crippen LogP contribution in [0.1, 0.15) is 5.56 Å². The topological polar surface area (TPSA) is 88.1 Å². The Morgan fingerprint density at radius 3 is 2.82 bits per heavy atom. The van der Waals surface area contributed by atoms with Crippen molar-refractivity contribution in [1.29, 1.82) is 5.26 Å². The van der Waals surface area contributed by atoms with E-state index < -0.39 is 18.0 Å². The molecule has 0 aliphatic carbocycles. The summed E-state index contributed by atoms with van der Waals surface area (Å²) in [6.45, 7) is 0. The van der Waals surface area contributed by atoms with E-state index in [0.29, 0.717) is 4.47 Å². The van der Waals surface area contributed by atoms with Crippen LogP contribution in [0.3, 0.4) is 0 Å². The number of carbonyl (C=O) groups excluding carboxylic acids is 1. The first kappa shape index (κ1) is 13.4. The van der Waals surface area contributed by atoms with E-state index in [1.807, 2.05) is 6.07 Å². The van der Waals surface area contributed by atoms with Gasteiger partial charge in [-0.25, -0.2) is 4.39 Å². The lowest BCUT2D eigenvalue weighted by Gasteiger charge is -2.15. The number of nitrogens with two attached hydrogens (primary N) is 1. The second kappa shape index (κ2) is 5.61. The third kappa shape index (κ3) is 3.15. The number of hydrogen-bond acceptors (Lipinski definition) is 4. The molecule has 0 aliphatic heterocycles. The van der Waals surface area contributed by atoms with Gasteiger partial charge in [0.2, 0.25) is 6.23 Å². The number of nitriles is 1. The van der Waals surface area contributed by atoms with Crippen LogP contribution in [-0.4, -0.2) is 19.2 Å². The Morgan fingerprint density at radius 2 is 2.35 bits per heavy atom. The van der Waals surface area contributed by atoms with E-state index in [4.69, 9.17) is 15.7 Å². The van der Waals surface area contributed by atoms with Crippen molar-refractivity contribution in [3.63, 3.8) is 0 Å². The van der Waals surface area contributed by atoms with E-state index in [2.05, 4.69) is 21.2 Å². The molecule has 1 atom stereocenters. The molecule has 0 radical (unpaired) electrons. The molecule has 0 saturated carbocycles. The normalized spacial score (nSPS) is 11.6. The number of benzene rings is 1. The highest BCUT2D eigenvalue weighted by atomic mass is 79.9. The predicted molar refractivity (Wildman–Crippen MR) is 62.4 cm³/mol. The number of nitrogens with zero attached hydrogens (tertiary/aromatic N) is 1. The number of ether oxygens (including phenoxy) is 1. The van der Waals surface area contributed by atoms with E-state index in [9.17, 15) is 9.18 Å². The lowest BCUT2D eigenvalue weighted by molar-refractivity contribution is -0.126. The van der Waals surface area contributed by atoms with Crippen molar-refractivity contribution >= 4 is 27.5 Å². The Hall–Kier alpha value is -1.65. The molecule has 0 saturated heterocycles. The highest BCUT2D eigenvalue weighted by Gasteiger charge is 2.16. The fourth-order valence-corrected chi connectivity index (χ4v) is 1.56. The number of carbonyl (C=O) groups is 1. The maximum Gasteiger partial charge on any atom is 0.267 e. The van der Waals surface area contributed by atoms with Crippen molar-refractivity contribution in [2.24, 2.45) is 5.73 Å². The first-order valence-electron chi connectivity index (χ1n) is 4.47. The summed E-state index contributed by atoms with van der Waals surface area (Å²) in [5, 5.41) is 11.2. The van der Waals surface area contributed by atoms with Crippen molar-refractivity contribution in [2.75, 3.05) is 12.4 Å². The van der Waals surface area contributed by atoms with Gasteiger partial charge in [-0.1, -0.05) is 0 Å². The van der Waals surface area contributed by atoms with E-state index >= 15 is 0 Å². The Morgan fingerprint density at radius 1 is 1.71 bits per heavy atom. The molecule has 1 aromatic carbocycles. The van der Waals surface area contributed by atoms with Crippen LogP contribution in [-0.2, 0) is 9.53 Å². The van der Waals surface area contributed by atoms with Crippen LogP contribution in [0.4, 0.5) is 10.1 Å². The maximum atomic E-state index is 13.5.